The molecule has 0 unspecified atom stereocenters. The lowest BCUT2D eigenvalue weighted by Crippen LogP contribution is -2.23. The van der Waals surface area contributed by atoms with E-state index in [1.165, 1.54) is 10.4 Å². The molecule has 2 aromatic rings. The zero-order valence-electron chi connectivity index (χ0n) is 9.24. The van der Waals surface area contributed by atoms with Crippen LogP contribution in [0, 0.1) is 6.92 Å². The molecule has 0 bridgehead atoms. The number of amides is 1. The molecule has 88 valence electrons. The number of nitrogens with zero attached hydrogens (tertiary/aromatic N) is 1. The average molecular weight is 311 g/mol. The maximum absolute atomic E-state index is 11.8. The van der Waals surface area contributed by atoms with Gasteiger partial charge in [0.2, 0.25) is 0 Å². The predicted octanol–water partition coefficient (Wildman–Crippen LogP) is 3.14. The van der Waals surface area contributed by atoms with Crippen LogP contribution in [-0.4, -0.2) is 10.9 Å². The maximum atomic E-state index is 11.8. The number of aromatic nitrogens is 1. The van der Waals surface area contributed by atoms with Crippen molar-refractivity contribution in [1.82, 2.24) is 10.3 Å². The number of thiophene rings is 1. The van der Waals surface area contributed by atoms with Crippen molar-refractivity contribution in [2.45, 2.75) is 13.5 Å². The van der Waals surface area contributed by atoms with Crippen LogP contribution in [0.3, 0.4) is 0 Å². The van der Waals surface area contributed by atoms with Crippen LogP contribution in [0.1, 0.15) is 20.9 Å². The highest BCUT2D eigenvalue weighted by atomic mass is 79.9. The first-order chi connectivity index (χ1) is 8.16. The molecule has 2 heterocycles. The lowest BCUT2D eigenvalue weighted by atomic mass is 10.3. The molecule has 3 nitrogen and oxygen atoms in total. The van der Waals surface area contributed by atoms with E-state index in [1.54, 1.807) is 29.5 Å². The van der Waals surface area contributed by atoms with Gasteiger partial charge in [0.25, 0.3) is 5.91 Å². The Morgan fingerprint density at radius 1 is 1.47 bits per heavy atom. The van der Waals surface area contributed by atoms with Crippen molar-refractivity contribution in [3.8, 4) is 0 Å². The fourth-order valence-corrected chi connectivity index (χ4v) is 2.56. The van der Waals surface area contributed by atoms with Gasteiger partial charge in [0.15, 0.2) is 0 Å². The Bertz CT molecular complexity index is 539. The summed E-state index contributed by atoms with van der Waals surface area (Å²) < 4.78 is 0.664. The van der Waals surface area contributed by atoms with Crippen molar-refractivity contribution >= 4 is 33.2 Å². The van der Waals surface area contributed by atoms with Crippen molar-refractivity contribution in [3.05, 3.63) is 50.4 Å². The Labute approximate surface area is 112 Å². The second-order valence-electron chi connectivity index (χ2n) is 3.56. The Morgan fingerprint density at radius 2 is 2.29 bits per heavy atom. The summed E-state index contributed by atoms with van der Waals surface area (Å²) in [7, 11) is 0. The molecule has 0 saturated heterocycles. The van der Waals surface area contributed by atoms with Crippen molar-refractivity contribution in [2.75, 3.05) is 0 Å². The van der Waals surface area contributed by atoms with E-state index in [1.807, 2.05) is 18.4 Å². The second kappa shape index (κ2) is 5.42. The minimum absolute atomic E-state index is 0.154. The van der Waals surface area contributed by atoms with Crippen molar-refractivity contribution < 1.29 is 4.79 Å². The van der Waals surface area contributed by atoms with Gasteiger partial charge in [-0.3, -0.25) is 4.79 Å². The highest BCUT2D eigenvalue weighted by molar-refractivity contribution is 9.10. The molecule has 0 aromatic carbocycles. The third kappa shape index (κ3) is 3.14. The normalized spacial score (nSPS) is 10.2. The Morgan fingerprint density at radius 3 is 2.94 bits per heavy atom. The van der Waals surface area contributed by atoms with E-state index in [0.717, 1.165) is 0 Å². The molecule has 0 spiro atoms. The molecule has 0 aliphatic rings. The Kier molecular flexibility index (Phi) is 3.91. The number of carbonyl (C=O) groups excluding carboxylic acids is 1. The van der Waals surface area contributed by atoms with Gasteiger partial charge in [0.1, 0.15) is 10.3 Å². The van der Waals surface area contributed by atoms with Crippen molar-refractivity contribution in [1.29, 1.82) is 0 Å². The van der Waals surface area contributed by atoms with Crippen LogP contribution in [0.25, 0.3) is 0 Å². The topological polar surface area (TPSA) is 42.0 Å². The zero-order chi connectivity index (χ0) is 12.3. The summed E-state index contributed by atoms with van der Waals surface area (Å²) in [6.07, 6.45) is 0. The summed E-state index contributed by atoms with van der Waals surface area (Å²) >= 11 is 4.89. The number of halogens is 1. The van der Waals surface area contributed by atoms with E-state index >= 15 is 0 Å². The lowest BCUT2D eigenvalue weighted by Gasteiger charge is -2.04. The summed E-state index contributed by atoms with van der Waals surface area (Å²) in [5, 5.41) is 4.88. The number of nitrogens with one attached hydrogen (secondary N) is 1. The zero-order valence-corrected chi connectivity index (χ0v) is 11.6. The van der Waals surface area contributed by atoms with E-state index in [4.69, 9.17) is 0 Å². The highest BCUT2D eigenvalue weighted by Crippen LogP contribution is 2.15. The minimum Gasteiger partial charge on any atom is -0.346 e. The van der Waals surface area contributed by atoms with Gasteiger partial charge in [-0.1, -0.05) is 6.07 Å². The maximum Gasteiger partial charge on any atom is 0.270 e. The van der Waals surface area contributed by atoms with Crippen LogP contribution < -0.4 is 5.32 Å². The van der Waals surface area contributed by atoms with Gasteiger partial charge in [-0.05, 0) is 52.0 Å². The van der Waals surface area contributed by atoms with Crippen LogP contribution in [0.5, 0.6) is 0 Å². The lowest BCUT2D eigenvalue weighted by molar-refractivity contribution is 0.0946. The Balaban J connectivity index is 2.01. The summed E-state index contributed by atoms with van der Waals surface area (Å²) in [4.78, 5) is 17.1. The van der Waals surface area contributed by atoms with Crippen LogP contribution in [0.15, 0.2) is 34.2 Å². The van der Waals surface area contributed by atoms with Crippen LogP contribution in [0.4, 0.5) is 0 Å². The number of pyridine rings is 1. The molecular formula is C12H11BrN2OS. The molecule has 5 heteroatoms. The molecule has 1 N–H and O–H groups in total. The number of aryl methyl sites for hydroxylation is 1. The van der Waals surface area contributed by atoms with Crippen molar-refractivity contribution in [2.24, 2.45) is 0 Å². The second-order valence-corrected chi connectivity index (χ2v) is 5.37. The summed E-state index contributed by atoms with van der Waals surface area (Å²) in [5.41, 5.74) is 1.63. The van der Waals surface area contributed by atoms with Gasteiger partial charge in [-0.15, -0.1) is 11.3 Å². The largest absolute Gasteiger partial charge is 0.346 e. The molecule has 0 saturated carbocycles. The number of carbonyl (C=O) groups is 1. The van der Waals surface area contributed by atoms with E-state index in [0.29, 0.717) is 16.8 Å². The SMILES string of the molecule is Cc1ccsc1CNC(=O)c1cccc(Br)n1. The standard InChI is InChI=1S/C12H11BrN2OS/c1-8-5-6-17-10(8)7-14-12(16)9-3-2-4-11(13)15-9/h2-6H,7H2,1H3,(H,14,16). The van der Waals surface area contributed by atoms with Crippen LogP contribution >= 0.6 is 27.3 Å². The van der Waals surface area contributed by atoms with Crippen LogP contribution in [0.2, 0.25) is 0 Å². The van der Waals surface area contributed by atoms with E-state index in [2.05, 4.69) is 26.2 Å². The summed E-state index contributed by atoms with van der Waals surface area (Å²) in [6.45, 7) is 2.59. The molecule has 1 amide bonds. The first-order valence-electron chi connectivity index (χ1n) is 5.10. The molecule has 0 atom stereocenters. The van der Waals surface area contributed by atoms with Gasteiger partial charge >= 0.3 is 0 Å². The minimum atomic E-state index is -0.154. The third-order valence-corrected chi connectivity index (χ3v) is 3.79. The molecule has 0 aliphatic heterocycles. The number of hydrogen-bond acceptors (Lipinski definition) is 3. The third-order valence-electron chi connectivity index (χ3n) is 2.33. The molecular weight excluding hydrogens is 300 g/mol. The molecule has 0 aliphatic carbocycles. The number of hydrogen-bond donors (Lipinski definition) is 1. The summed E-state index contributed by atoms with van der Waals surface area (Å²) in [6, 6.07) is 7.33. The molecule has 0 fully saturated rings. The van der Waals surface area contributed by atoms with E-state index in [-0.39, 0.29) is 5.91 Å². The molecule has 2 rings (SSSR count). The van der Waals surface area contributed by atoms with Crippen LogP contribution in [-0.2, 0) is 6.54 Å². The van der Waals surface area contributed by atoms with Gasteiger partial charge in [0.05, 0.1) is 6.54 Å². The van der Waals surface area contributed by atoms with Crippen molar-refractivity contribution in [3.63, 3.8) is 0 Å². The quantitative estimate of drug-likeness (QED) is 0.885. The van der Waals surface area contributed by atoms with E-state index in [9.17, 15) is 4.79 Å². The van der Waals surface area contributed by atoms with Gasteiger partial charge in [-0.25, -0.2) is 4.98 Å². The fourth-order valence-electron chi connectivity index (χ4n) is 1.37. The predicted molar refractivity (Wildman–Crippen MR) is 72.2 cm³/mol. The highest BCUT2D eigenvalue weighted by Gasteiger charge is 2.08. The van der Waals surface area contributed by atoms with E-state index < -0.39 is 0 Å². The smallest absolute Gasteiger partial charge is 0.270 e. The fraction of sp³-hybridized carbons (Fsp3) is 0.167. The van der Waals surface area contributed by atoms with Gasteiger partial charge in [0, 0.05) is 4.88 Å². The molecule has 2 aromatic heterocycles. The van der Waals surface area contributed by atoms with Gasteiger partial charge < -0.3 is 5.32 Å². The summed E-state index contributed by atoms with van der Waals surface area (Å²) in [5.74, 6) is -0.154. The number of rotatable bonds is 3. The molecule has 0 radical (unpaired) electrons. The Hall–Kier alpha value is -1.20. The average Bonchev–Trinajstić information content (AvgIpc) is 2.72. The first kappa shape index (κ1) is 12.3. The first-order valence-corrected chi connectivity index (χ1v) is 6.78. The van der Waals surface area contributed by atoms with Gasteiger partial charge in [-0.2, -0.15) is 0 Å². The monoisotopic (exact) mass is 310 g/mol. The molecule has 17 heavy (non-hydrogen) atoms.